The lowest BCUT2D eigenvalue weighted by Crippen LogP contribution is -2.35. The summed E-state index contributed by atoms with van der Waals surface area (Å²) in [5.74, 6) is 0. The number of aromatic nitrogens is 3. The van der Waals surface area contributed by atoms with E-state index in [2.05, 4.69) is 5.10 Å². The number of piperidine rings is 1. The molecule has 0 atom stereocenters. The molecule has 3 aromatic rings. The zero-order valence-corrected chi connectivity index (χ0v) is 16.2. The number of benzene rings is 1. The van der Waals surface area contributed by atoms with E-state index in [0.29, 0.717) is 18.1 Å². The van der Waals surface area contributed by atoms with Gasteiger partial charge in [0, 0.05) is 24.3 Å². The molecule has 0 spiro atoms. The van der Waals surface area contributed by atoms with Crippen molar-refractivity contribution in [3.63, 3.8) is 0 Å². The van der Waals surface area contributed by atoms with Gasteiger partial charge in [-0.2, -0.15) is 4.31 Å². The van der Waals surface area contributed by atoms with Gasteiger partial charge in [0.2, 0.25) is 10.0 Å². The zero-order chi connectivity index (χ0) is 19.0. The van der Waals surface area contributed by atoms with Crippen molar-refractivity contribution in [1.82, 2.24) is 18.5 Å². The molecule has 1 fully saturated rings. The fourth-order valence-corrected chi connectivity index (χ4v) is 5.22. The second-order valence-corrected chi connectivity index (χ2v) is 8.94. The van der Waals surface area contributed by atoms with Crippen molar-refractivity contribution in [2.75, 3.05) is 13.1 Å². The van der Waals surface area contributed by atoms with E-state index in [0.717, 1.165) is 24.8 Å². The van der Waals surface area contributed by atoms with Crippen LogP contribution in [0.15, 0.2) is 52.3 Å². The van der Waals surface area contributed by atoms with E-state index in [4.69, 9.17) is 11.6 Å². The number of nitrogens with zero attached hydrogens (tertiary/aromatic N) is 4. The van der Waals surface area contributed by atoms with Crippen molar-refractivity contribution < 1.29 is 8.42 Å². The minimum absolute atomic E-state index is 0.0637. The maximum atomic E-state index is 13.1. The van der Waals surface area contributed by atoms with Gasteiger partial charge in [0.25, 0.3) is 0 Å². The van der Waals surface area contributed by atoms with Gasteiger partial charge < -0.3 is 0 Å². The van der Waals surface area contributed by atoms with Crippen LogP contribution in [0.3, 0.4) is 0 Å². The summed E-state index contributed by atoms with van der Waals surface area (Å²) < 4.78 is 30.2. The van der Waals surface area contributed by atoms with Gasteiger partial charge in [0.15, 0.2) is 5.65 Å². The summed E-state index contributed by atoms with van der Waals surface area (Å²) in [4.78, 5) is 12.8. The number of fused-ring (bicyclic) bond motifs is 1. The normalized spacial score (nSPS) is 16.0. The number of hydrogen-bond acceptors (Lipinski definition) is 4. The third-order valence-corrected chi connectivity index (χ3v) is 6.88. The molecule has 9 heteroatoms. The first-order chi connectivity index (χ1) is 13.0. The summed E-state index contributed by atoms with van der Waals surface area (Å²) in [6, 6.07) is 10.2. The van der Waals surface area contributed by atoms with Crippen molar-refractivity contribution in [2.45, 2.75) is 30.7 Å². The summed E-state index contributed by atoms with van der Waals surface area (Å²) in [7, 11) is -3.69. The predicted octanol–water partition coefficient (Wildman–Crippen LogP) is 2.37. The molecule has 0 unspecified atom stereocenters. The molecule has 0 amide bonds. The lowest BCUT2D eigenvalue weighted by Gasteiger charge is -2.25. The summed E-state index contributed by atoms with van der Waals surface area (Å²) in [6.07, 6.45) is 4.26. The SMILES string of the molecule is O=c1n(Cc2cccc(Cl)c2)nc2c(S(=O)(=O)N3CCCCC3)cccn12. The number of halogens is 1. The zero-order valence-electron chi connectivity index (χ0n) is 14.6. The Hall–Kier alpha value is -2.16. The molecule has 1 aliphatic heterocycles. The molecule has 0 radical (unpaired) electrons. The number of hydrogen-bond donors (Lipinski definition) is 0. The number of rotatable bonds is 4. The molecule has 1 saturated heterocycles. The van der Waals surface area contributed by atoms with Crippen LogP contribution in [0.1, 0.15) is 24.8 Å². The highest BCUT2D eigenvalue weighted by molar-refractivity contribution is 7.89. The Morgan fingerprint density at radius 2 is 1.85 bits per heavy atom. The van der Waals surface area contributed by atoms with Crippen LogP contribution in [-0.4, -0.2) is 40.0 Å². The van der Waals surface area contributed by atoms with Crippen molar-refractivity contribution in [3.8, 4) is 0 Å². The molecule has 3 heterocycles. The average Bonchev–Trinajstić information content (AvgIpc) is 2.98. The largest absolute Gasteiger partial charge is 0.350 e. The molecule has 1 aliphatic rings. The van der Waals surface area contributed by atoms with Gasteiger partial charge in [-0.3, -0.25) is 0 Å². The van der Waals surface area contributed by atoms with Gasteiger partial charge in [-0.1, -0.05) is 30.2 Å². The minimum atomic E-state index is -3.69. The quantitative estimate of drug-likeness (QED) is 0.666. The van der Waals surface area contributed by atoms with Crippen LogP contribution in [0, 0.1) is 0 Å². The smallest absolute Gasteiger partial charge is 0.249 e. The first-order valence-electron chi connectivity index (χ1n) is 8.79. The summed E-state index contributed by atoms with van der Waals surface area (Å²) in [5.41, 5.74) is 0.573. The van der Waals surface area contributed by atoms with Gasteiger partial charge in [-0.05, 0) is 42.7 Å². The van der Waals surface area contributed by atoms with Gasteiger partial charge >= 0.3 is 5.69 Å². The Labute approximate surface area is 161 Å². The molecule has 1 aromatic carbocycles. The van der Waals surface area contributed by atoms with Crippen LogP contribution in [0.25, 0.3) is 5.65 Å². The van der Waals surface area contributed by atoms with Gasteiger partial charge in [0.1, 0.15) is 4.90 Å². The Morgan fingerprint density at radius 1 is 1.07 bits per heavy atom. The third-order valence-electron chi connectivity index (χ3n) is 4.73. The molecule has 0 N–H and O–H groups in total. The van der Waals surface area contributed by atoms with Crippen molar-refractivity contribution in [1.29, 1.82) is 0 Å². The van der Waals surface area contributed by atoms with E-state index in [-0.39, 0.29) is 22.8 Å². The molecular weight excluding hydrogens is 388 g/mol. The van der Waals surface area contributed by atoms with Crippen LogP contribution in [0.2, 0.25) is 5.02 Å². The van der Waals surface area contributed by atoms with Crippen LogP contribution >= 0.6 is 11.6 Å². The fraction of sp³-hybridized carbons (Fsp3) is 0.333. The monoisotopic (exact) mass is 406 g/mol. The predicted molar refractivity (Wildman–Crippen MR) is 103 cm³/mol. The molecule has 142 valence electrons. The van der Waals surface area contributed by atoms with Gasteiger partial charge in [-0.25, -0.2) is 22.3 Å². The molecule has 7 nitrogen and oxygen atoms in total. The highest BCUT2D eigenvalue weighted by Crippen LogP contribution is 2.23. The topological polar surface area (TPSA) is 76.7 Å². The van der Waals surface area contributed by atoms with Crippen LogP contribution in [0.5, 0.6) is 0 Å². The second kappa shape index (κ2) is 7.10. The summed E-state index contributed by atoms with van der Waals surface area (Å²) >= 11 is 6.00. The Bertz CT molecular complexity index is 1150. The van der Waals surface area contributed by atoms with Crippen LogP contribution in [-0.2, 0) is 16.6 Å². The van der Waals surface area contributed by atoms with E-state index < -0.39 is 10.0 Å². The van der Waals surface area contributed by atoms with Crippen molar-refractivity contribution >= 4 is 27.3 Å². The van der Waals surface area contributed by atoms with Crippen LogP contribution in [0.4, 0.5) is 0 Å². The first kappa shape index (κ1) is 18.2. The second-order valence-electron chi connectivity index (χ2n) is 6.60. The molecule has 4 rings (SSSR count). The minimum Gasteiger partial charge on any atom is -0.249 e. The highest BCUT2D eigenvalue weighted by atomic mass is 35.5. The Morgan fingerprint density at radius 3 is 2.59 bits per heavy atom. The molecule has 0 saturated carbocycles. The number of sulfonamides is 1. The van der Waals surface area contributed by atoms with Crippen LogP contribution < -0.4 is 5.69 Å². The maximum absolute atomic E-state index is 13.1. The van der Waals surface area contributed by atoms with Crippen molar-refractivity contribution in [3.05, 3.63) is 63.7 Å². The van der Waals surface area contributed by atoms with E-state index in [1.807, 2.05) is 6.07 Å². The lowest BCUT2D eigenvalue weighted by atomic mass is 10.2. The average molecular weight is 407 g/mol. The van der Waals surface area contributed by atoms with Crippen molar-refractivity contribution in [2.24, 2.45) is 0 Å². The van der Waals surface area contributed by atoms with E-state index in [1.165, 1.54) is 25.7 Å². The van der Waals surface area contributed by atoms with Gasteiger partial charge in [-0.15, -0.1) is 5.10 Å². The first-order valence-corrected chi connectivity index (χ1v) is 10.6. The third kappa shape index (κ3) is 3.40. The van der Waals surface area contributed by atoms with E-state index >= 15 is 0 Å². The standard InChI is InChI=1S/C18H19ClN4O3S/c19-15-7-4-6-14(12-15)13-23-18(24)22-11-5-8-16(17(22)20-23)27(25,26)21-9-2-1-3-10-21/h4-8,11-12H,1-3,9-10,13H2. The molecule has 27 heavy (non-hydrogen) atoms. The fourth-order valence-electron chi connectivity index (χ4n) is 3.37. The van der Waals surface area contributed by atoms with E-state index in [1.54, 1.807) is 24.3 Å². The van der Waals surface area contributed by atoms with E-state index in [9.17, 15) is 13.2 Å². The Kier molecular flexibility index (Phi) is 4.79. The summed E-state index contributed by atoms with van der Waals surface area (Å²) in [5, 5.41) is 4.88. The van der Waals surface area contributed by atoms with Gasteiger partial charge in [0.05, 0.1) is 6.54 Å². The summed E-state index contributed by atoms with van der Waals surface area (Å²) in [6.45, 7) is 1.21. The molecule has 0 bridgehead atoms. The lowest BCUT2D eigenvalue weighted by molar-refractivity contribution is 0.347. The highest BCUT2D eigenvalue weighted by Gasteiger charge is 2.29. The maximum Gasteiger partial charge on any atom is 0.350 e. The number of pyridine rings is 1. The molecule has 0 aliphatic carbocycles. The molecular formula is C18H19ClN4O3S. The molecule has 2 aromatic heterocycles. The Balaban J connectivity index is 1.79.